The maximum atomic E-state index is 13.6. The molecular weight excluding hydrogens is 527 g/mol. The van der Waals surface area contributed by atoms with E-state index in [-0.39, 0.29) is 0 Å². The van der Waals surface area contributed by atoms with Gasteiger partial charge < -0.3 is 15.2 Å². The third kappa shape index (κ3) is 4.13. The Bertz CT molecular complexity index is 751. The summed E-state index contributed by atoms with van der Waals surface area (Å²) in [5.41, 5.74) is -4.25. The van der Waals surface area contributed by atoms with E-state index in [0.29, 0.717) is 0 Å². The molecule has 0 aliphatic rings. The number of aromatic amines is 1. The number of aliphatic hydroxyl groups is 2. The SMILES string of the molecule is OC(c1[nH]c(C(O)C(F)(F)C(F)(F)C(F)(F)F)c(Cl)c1Cl)C(F)(F)C(F)(F)C(F)(F)F. The topological polar surface area (TPSA) is 56.2 Å². The monoisotopic (exact) mass is 531 g/mol. The predicted molar refractivity (Wildman–Crippen MR) is 72.6 cm³/mol. The molecule has 0 saturated heterocycles. The van der Waals surface area contributed by atoms with Gasteiger partial charge in [0.25, 0.3) is 0 Å². The number of aliphatic hydroxyl groups excluding tert-OH is 2. The Morgan fingerprint density at radius 2 is 0.774 bits per heavy atom. The lowest BCUT2D eigenvalue weighted by Gasteiger charge is -2.32. The molecule has 0 aliphatic heterocycles. The third-order valence-corrected chi connectivity index (χ3v) is 4.60. The van der Waals surface area contributed by atoms with Crippen LogP contribution in [0.25, 0.3) is 0 Å². The molecule has 3 N–H and O–H groups in total. The zero-order chi connectivity index (χ0) is 25.2. The lowest BCUT2D eigenvalue weighted by Crippen LogP contribution is -2.55. The molecule has 1 aromatic rings. The molecule has 0 bridgehead atoms. The highest BCUT2D eigenvalue weighted by Gasteiger charge is 2.77. The fourth-order valence-electron chi connectivity index (χ4n) is 1.95. The van der Waals surface area contributed by atoms with Gasteiger partial charge in [0.05, 0.1) is 21.4 Å². The summed E-state index contributed by atoms with van der Waals surface area (Å²) in [6.45, 7) is 0. The zero-order valence-electron chi connectivity index (χ0n) is 13.6. The summed E-state index contributed by atoms with van der Waals surface area (Å²) in [6.07, 6.45) is -22.6. The van der Waals surface area contributed by atoms with Crippen molar-refractivity contribution in [3.8, 4) is 0 Å². The molecule has 2 unspecified atom stereocenters. The maximum Gasteiger partial charge on any atom is 0.459 e. The molecule has 0 aliphatic carbocycles. The van der Waals surface area contributed by atoms with Gasteiger partial charge in [-0.05, 0) is 0 Å². The number of alkyl halides is 14. The highest BCUT2D eigenvalue weighted by atomic mass is 35.5. The van der Waals surface area contributed by atoms with E-state index in [0.717, 1.165) is 4.98 Å². The number of rotatable bonds is 6. The summed E-state index contributed by atoms with van der Waals surface area (Å²) in [5.74, 6) is -27.0. The molecule has 0 spiro atoms. The van der Waals surface area contributed by atoms with Gasteiger partial charge in [-0.1, -0.05) is 23.2 Å². The van der Waals surface area contributed by atoms with Gasteiger partial charge in [-0.2, -0.15) is 61.5 Å². The van der Waals surface area contributed by atoms with Crippen LogP contribution in [0.4, 0.5) is 61.5 Å². The minimum absolute atomic E-state index is 0.883. The Morgan fingerprint density at radius 1 is 0.548 bits per heavy atom. The number of nitrogens with one attached hydrogen (secondary N) is 1. The van der Waals surface area contributed by atoms with E-state index in [1.807, 2.05) is 0 Å². The van der Waals surface area contributed by atoms with E-state index < -0.39 is 69.7 Å². The molecule has 19 heteroatoms. The van der Waals surface area contributed by atoms with Crippen LogP contribution in [0.15, 0.2) is 0 Å². The Labute approximate surface area is 170 Å². The van der Waals surface area contributed by atoms with Crippen LogP contribution in [0.1, 0.15) is 23.6 Å². The molecule has 0 fully saturated rings. The van der Waals surface area contributed by atoms with Crippen molar-refractivity contribution in [2.75, 3.05) is 0 Å². The van der Waals surface area contributed by atoms with Crippen molar-refractivity contribution in [2.24, 2.45) is 0 Å². The van der Waals surface area contributed by atoms with Crippen molar-refractivity contribution in [3.05, 3.63) is 21.4 Å². The second-order valence-corrected chi connectivity index (χ2v) is 6.53. The molecule has 1 aromatic heterocycles. The summed E-state index contributed by atoms with van der Waals surface area (Å²) in [5, 5.41) is 15.0. The van der Waals surface area contributed by atoms with Crippen molar-refractivity contribution in [2.45, 2.75) is 48.3 Å². The van der Waals surface area contributed by atoms with Gasteiger partial charge in [-0.25, -0.2) is 0 Å². The standard InChI is InChI=1S/C12H5Cl2F14NO2/c13-1-2(14)4(6(31)8(17,18)10(21,22)12(26,27)28)29-3(1)5(30)7(15,16)9(19,20)11(23,24)25/h5-6,29-31H. The molecule has 31 heavy (non-hydrogen) atoms. The average Bonchev–Trinajstić information content (AvgIpc) is 2.86. The molecule has 3 nitrogen and oxygen atoms in total. The minimum atomic E-state index is -6.98. The molecule has 182 valence electrons. The normalized spacial score (nSPS) is 17.1. The Kier molecular flexibility index (Phi) is 6.90. The van der Waals surface area contributed by atoms with Gasteiger partial charge in [-0.15, -0.1) is 0 Å². The number of hydrogen-bond acceptors (Lipinski definition) is 2. The predicted octanol–water partition coefficient (Wildman–Crippen LogP) is 6.05. The van der Waals surface area contributed by atoms with Gasteiger partial charge in [0.1, 0.15) is 0 Å². The number of H-pyrrole nitrogens is 1. The molecule has 0 radical (unpaired) electrons. The van der Waals surface area contributed by atoms with Gasteiger partial charge in [0.15, 0.2) is 12.2 Å². The van der Waals surface area contributed by atoms with Crippen LogP contribution in [0.2, 0.25) is 10.0 Å². The Morgan fingerprint density at radius 3 is 0.968 bits per heavy atom. The molecule has 0 aromatic carbocycles. The van der Waals surface area contributed by atoms with E-state index in [4.69, 9.17) is 23.2 Å². The zero-order valence-corrected chi connectivity index (χ0v) is 15.1. The highest BCUT2D eigenvalue weighted by Crippen LogP contribution is 2.55. The quantitative estimate of drug-likeness (QED) is 0.391. The highest BCUT2D eigenvalue weighted by molar-refractivity contribution is 6.43. The number of halogens is 16. The van der Waals surface area contributed by atoms with Crippen molar-refractivity contribution in [3.63, 3.8) is 0 Å². The van der Waals surface area contributed by atoms with Crippen LogP contribution in [0.5, 0.6) is 0 Å². The molecule has 0 saturated carbocycles. The smallest absolute Gasteiger partial charge is 0.380 e. The minimum Gasteiger partial charge on any atom is -0.380 e. The van der Waals surface area contributed by atoms with E-state index in [2.05, 4.69) is 0 Å². The fourth-order valence-corrected chi connectivity index (χ4v) is 2.46. The Hall–Kier alpha value is -1.20. The van der Waals surface area contributed by atoms with Crippen LogP contribution in [0, 0.1) is 0 Å². The summed E-state index contributed by atoms with van der Waals surface area (Å²) >= 11 is 10.3. The first-order valence-corrected chi connectivity index (χ1v) is 7.70. The third-order valence-electron chi connectivity index (χ3n) is 3.72. The largest absolute Gasteiger partial charge is 0.459 e. The van der Waals surface area contributed by atoms with E-state index in [1.54, 1.807) is 0 Å². The summed E-state index contributed by atoms with van der Waals surface area (Å²) < 4.78 is 179. The maximum absolute atomic E-state index is 13.6. The molecule has 2 atom stereocenters. The van der Waals surface area contributed by atoms with Crippen LogP contribution in [-0.2, 0) is 0 Å². The lowest BCUT2D eigenvalue weighted by atomic mass is 10.0. The van der Waals surface area contributed by atoms with Crippen LogP contribution < -0.4 is 0 Å². The van der Waals surface area contributed by atoms with Crippen molar-refractivity contribution < 1.29 is 71.7 Å². The second-order valence-electron chi connectivity index (χ2n) is 5.78. The number of hydrogen-bond donors (Lipinski definition) is 3. The summed E-state index contributed by atoms with van der Waals surface area (Å²) in [6, 6.07) is 0. The van der Waals surface area contributed by atoms with Crippen molar-refractivity contribution in [1.29, 1.82) is 0 Å². The Balaban J connectivity index is 3.56. The van der Waals surface area contributed by atoms with Crippen molar-refractivity contribution in [1.82, 2.24) is 4.98 Å². The van der Waals surface area contributed by atoms with Crippen LogP contribution >= 0.6 is 23.2 Å². The fraction of sp³-hybridized carbons (Fsp3) is 0.667. The van der Waals surface area contributed by atoms with E-state index in [9.17, 15) is 71.7 Å². The van der Waals surface area contributed by atoms with Gasteiger partial charge in [0, 0.05) is 0 Å². The molecule has 1 rings (SSSR count). The van der Waals surface area contributed by atoms with E-state index in [1.165, 1.54) is 0 Å². The second kappa shape index (κ2) is 7.69. The first-order chi connectivity index (χ1) is 13.4. The number of aromatic nitrogens is 1. The lowest BCUT2D eigenvalue weighted by molar-refractivity contribution is -0.373. The van der Waals surface area contributed by atoms with E-state index >= 15 is 0 Å². The average molecular weight is 532 g/mol. The summed E-state index contributed by atoms with van der Waals surface area (Å²) in [4.78, 5) is 0.883. The van der Waals surface area contributed by atoms with Crippen molar-refractivity contribution >= 4 is 23.2 Å². The molecule has 0 amide bonds. The summed E-state index contributed by atoms with van der Waals surface area (Å²) in [7, 11) is 0. The first kappa shape index (κ1) is 27.8. The first-order valence-electron chi connectivity index (χ1n) is 6.94. The molecule has 1 heterocycles. The van der Waals surface area contributed by atoms with Crippen LogP contribution in [0.3, 0.4) is 0 Å². The molecular formula is C12H5Cl2F14NO2. The van der Waals surface area contributed by atoms with Gasteiger partial charge in [0.2, 0.25) is 0 Å². The van der Waals surface area contributed by atoms with Crippen LogP contribution in [-0.4, -0.2) is 51.2 Å². The van der Waals surface area contributed by atoms with Gasteiger partial charge in [-0.3, -0.25) is 0 Å². The van der Waals surface area contributed by atoms with Gasteiger partial charge >= 0.3 is 36.0 Å².